The number of nitrogen functional groups attached to an aromatic ring is 1. The summed E-state index contributed by atoms with van der Waals surface area (Å²) in [6.45, 7) is 1.96. The van der Waals surface area contributed by atoms with Crippen molar-refractivity contribution in [3.63, 3.8) is 0 Å². The second-order valence-electron chi connectivity index (χ2n) is 4.73. The molecular weight excluding hydrogens is 336 g/mol. The fraction of sp³-hybridized carbons (Fsp3) is 0.0714. The maximum absolute atomic E-state index is 11.0. The molecule has 0 atom stereocenters. The molecule has 1 heterocycles. The SMILES string of the molecule is Cc1cc(Br)cc2[nH]c(-c3ccc(N)c([N+](=O)[O-])c3)nc12. The first-order chi connectivity index (χ1) is 9.95. The number of hydrogen-bond acceptors (Lipinski definition) is 4. The number of nitrogens with one attached hydrogen (secondary N) is 1. The molecule has 0 saturated carbocycles. The standard InChI is InChI=1S/C14H11BrN4O2/c1-7-4-9(15)6-11-13(7)18-14(17-11)8-2-3-10(16)12(5-8)19(20)21/h2-6H,16H2,1H3,(H,17,18). The molecule has 0 radical (unpaired) electrons. The van der Waals surface area contributed by atoms with Crippen LogP contribution >= 0.6 is 15.9 Å². The molecule has 1 aromatic heterocycles. The molecular formula is C14H11BrN4O2. The molecule has 0 spiro atoms. The Kier molecular flexibility index (Phi) is 3.13. The van der Waals surface area contributed by atoms with Crippen molar-refractivity contribution in [3.8, 4) is 11.4 Å². The summed E-state index contributed by atoms with van der Waals surface area (Å²) in [4.78, 5) is 18.2. The quantitative estimate of drug-likeness (QED) is 0.419. The monoisotopic (exact) mass is 346 g/mol. The predicted molar refractivity (Wildman–Crippen MR) is 85.0 cm³/mol. The van der Waals surface area contributed by atoms with Crippen molar-refractivity contribution in [1.82, 2.24) is 9.97 Å². The Morgan fingerprint density at radius 1 is 1.33 bits per heavy atom. The van der Waals surface area contributed by atoms with Crippen LogP contribution in [0.1, 0.15) is 5.56 Å². The molecule has 0 unspecified atom stereocenters. The Labute approximate surface area is 128 Å². The highest BCUT2D eigenvalue weighted by Gasteiger charge is 2.15. The minimum absolute atomic E-state index is 0.120. The summed E-state index contributed by atoms with van der Waals surface area (Å²) in [6, 6.07) is 8.55. The normalized spacial score (nSPS) is 11.0. The number of nitrogens with zero attached hydrogens (tertiary/aromatic N) is 2. The lowest BCUT2D eigenvalue weighted by Gasteiger charge is -2.00. The first-order valence-corrected chi connectivity index (χ1v) is 6.95. The molecule has 106 valence electrons. The molecule has 0 bridgehead atoms. The fourth-order valence-electron chi connectivity index (χ4n) is 2.23. The number of anilines is 1. The van der Waals surface area contributed by atoms with Crippen LogP contribution in [0.5, 0.6) is 0 Å². The van der Waals surface area contributed by atoms with Crippen LogP contribution in [0, 0.1) is 17.0 Å². The number of aryl methyl sites for hydroxylation is 1. The third-order valence-electron chi connectivity index (χ3n) is 3.24. The van der Waals surface area contributed by atoms with E-state index in [-0.39, 0.29) is 11.4 Å². The number of imidazole rings is 1. The van der Waals surface area contributed by atoms with Gasteiger partial charge in [0.1, 0.15) is 11.5 Å². The van der Waals surface area contributed by atoms with Crippen molar-refractivity contribution in [2.75, 3.05) is 5.73 Å². The summed E-state index contributed by atoms with van der Waals surface area (Å²) in [6.07, 6.45) is 0. The summed E-state index contributed by atoms with van der Waals surface area (Å²) in [5.74, 6) is 0.578. The summed E-state index contributed by atoms with van der Waals surface area (Å²) in [5, 5.41) is 11.0. The third kappa shape index (κ3) is 2.36. The van der Waals surface area contributed by atoms with Gasteiger partial charge in [0.25, 0.3) is 5.69 Å². The van der Waals surface area contributed by atoms with Gasteiger partial charge in [-0.25, -0.2) is 4.98 Å². The number of nitrogens with two attached hydrogens (primary N) is 1. The molecule has 6 nitrogen and oxygen atoms in total. The van der Waals surface area contributed by atoms with Crippen LogP contribution in [0.4, 0.5) is 11.4 Å². The molecule has 21 heavy (non-hydrogen) atoms. The second kappa shape index (κ2) is 4.85. The number of benzene rings is 2. The van der Waals surface area contributed by atoms with E-state index in [1.807, 2.05) is 19.1 Å². The van der Waals surface area contributed by atoms with Gasteiger partial charge in [0.05, 0.1) is 16.0 Å². The maximum atomic E-state index is 11.0. The zero-order valence-electron chi connectivity index (χ0n) is 11.1. The zero-order chi connectivity index (χ0) is 15.1. The van der Waals surface area contributed by atoms with Crippen molar-refractivity contribution in [2.45, 2.75) is 6.92 Å². The molecule has 0 amide bonds. The van der Waals surface area contributed by atoms with Gasteiger partial charge < -0.3 is 10.7 Å². The second-order valence-corrected chi connectivity index (χ2v) is 5.65. The minimum Gasteiger partial charge on any atom is -0.393 e. The van der Waals surface area contributed by atoms with Gasteiger partial charge in [0, 0.05) is 16.1 Å². The van der Waals surface area contributed by atoms with E-state index in [0.29, 0.717) is 11.4 Å². The highest BCUT2D eigenvalue weighted by atomic mass is 79.9. The molecule has 3 aromatic rings. The number of nitro benzene ring substituents is 1. The van der Waals surface area contributed by atoms with E-state index in [0.717, 1.165) is 21.1 Å². The van der Waals surface area contributed by atoms with Gasteiger partial charge >= 0.3 is 0 Å². The number of rotatable bonds is 2. The molecule has 0 saturated heterocycles. The first kappa shape index (κ1) is 13.6. The van der Waals surface area contributed by atoms with E-state index < -0.39 is 4.92 Å². The summed E-state index contributed by atoms with van der Waals surface area (Å²) in [5.41, 5.74) is 8.99. The van der Waals surface area contributed by atoms with E-state index in [1.165, 1.54) is 12.1 Å². The van der Waals surface area contributed by atoms with E-state index in [9.17, 15) is 10.1 Å². The van der Waals surface area contributed by atoms with Crippen molar-refractivity contribution < 1.29 is 4.92 Å². The third-order valence-corrected chi connectivity index (χ3v) is 3.70. The Hall–Kier alpha value is -2.41. The van der Waals surface area contributed by atoms with Crippen molar-refractivity contribution in [3.05, 3.63) is 50.5 Å². The number of aromatic nitrogens is 2. The maximum Gasteiger partial charge on any atom is 0.292 e. The zero-order valence-corrected chi connectivity index (χ0v) is 12.6. The van der Waals surface area contributed by atoms with Crippen LogP contribution in [0.25, 0.3) is 22.4 Å². The predicted octanol–water partition coefficient (Wildman–Crippen LogP) is 3.79. The van der Waals surface area contributed by atoms with Gasteiger partial charge in [0.15, 0.2) is 0 Å². The molecule has 0 aliphatic carbocycles. The lowest BCUT2D eigenvalue weighted by atomic mass is 10.1. The van der Waals surface area contributed by atoms with Crippen LogP contribution in [-0.2, 0) is 0 Å². The topological polar surface area (TPSA) is 97.8 Å². The average Bonchev–Trinajstić information content (AvgIpc) is 2.83. The Morgan fingerprint density at radius 3 is 2.81 bits per heavy atom. The lowest BCUT2D eigenvalue weighted by molar-refractivity contribution is -0.383. The van der Waals surface area contributed by atoms with E-state index in [2.05, 4.69) is 25.9 Å². The number of halogens is 1. The largest absolute Gasteiger partial charge is 0.393 e. The Morgan fingerprint density at radius 2 is 2.10 bits per heavy atom. The van der Waals surface area contributed by atoms with E-state index in [1.54, 1.807) is 6.07 Å². The van der Waals surface area contributed by atoms with E-state index in [4.69, 9.17) is 5.73 Å². The molecule has 2 aromatic carbocycles. The number of nitro groups is 1. The average molecular weight is 347 g/mol. The summed E-state index contributed by atoms with van der Waals surface area (Å²) < 4.78 is 0.950. The molecule has 3 rings (SSSR count). The Bertz CT molecular complexity index is 873. The molecule has 3 N–H and O–H groups in total. The highest BCUT2D eigenvalue weighted by Crippen LogP contribution is 2.30. The fourth-order valence-corrected chi connectivity index (χ4v) is 2.80. The van der Waals surface area contributed by atoms with Crippen LogP contribution in [0.15, 0.2) is 34.8 Å². The highest BCUT2D eigenvalue weighted by molar-refractivity contribution is 9.10. The summed E-state index contributed by atoms with van der Waals surface area (Å²) in [7, 11) is 0. The molecule has 0 aliphatic rings. The van der Waals surface area contributed by atoms with Gasteiger partial charge in [-0.2, -0.15) is 0 Å². The number of aromatic amines is 1. The van der Waals surface area contributed by atoms with Gasteiger partial charge in [-0.1, -0.05) is 15.9 Å². The smallest absolute Gasteiger partial charge is 0.292 e. The van der Waals surface area contributed by atoms with Crippen LogP contribution in [-0.4, -0.2) is 14.9 Å². The summed E-state index contributed by atoms with van der Waals surface area (Å²) >= 11 is 3.44. The number of H-pyrrole nitrogens is 1. The van der Waals surface area contributed by atoms with Crippen LogP contribution in [0.2, 0.25) is 0 Å². The van der Waals surface area contributed by atoms with Gasteiger partial charge in [0.2, 0.25) is 0 Å². The van der Waals surface area contributed by atoms with E-state index >= 15 is 0 Å². The first-order valence-electron chi connectivity index (χ1n) is 6.16. The van der Waals surface area contributed by atoms with Gasteiger partial charge in [-0.15, -0.1) is 0 Å². The van der Waals surface area contributed by atoms with Crippen molar-refractivity contribution in [1.29, 1.82) is 0 Å². The molecule has 0 aliphatic heterocycles. The molecule has 0 fully saturated rings. The number of fused-ring (bicyclic) bond motifs is 1. The van der Waals surface area contributed by atoms with Gasteiger partial charge in [-0.05, 0) is 36.8 Å². The van der Waals surface area contributed by atoms with Crippen molar-refractivity contribution >= 4 is 38.3 Å². The molecule has 7 heteroatoms. The van der Waals surface area contributed by atoms with Crippen LogP contribution < -0.4 is 5.73 Å². The minimum atomic E-state index is -0.497. The Balaban J connectivity index is 2.19. The van der Waals surface area contributed by atoms with Crippen LogP contribution in [0.3, 0.4) is 0 Å². The van der Waals surface area contributed by atoms with Gasteiger partial charge in [-0.3, -0.25) is 10.1 Å². The van der Waals surface area contributed by atoms with Crippen molar-refractivity contribution in [2.24, 2.45) is 0 Å². The lowest BCUT2D eigenvalue weighted by Crippen LogP contribution is -1.96. The number of hydrogen-bond donors (Lipinski definition) is 2.